The largest absolute Gasteiger partial charge is 0.494 e. The molecule has 10 nitrogen and oxygen atoms in total. The van der Waals surface area contributed by atoms with Gasteiger partial charge in [-0.15, -0.1) is 0 Å². The van der Waals surface area contributed by atoms with Crippen molar-refractivity contribution >= 4 is 17.5 Å². The maximum atomic E-state index is 14.5. The van der Waals surface area contributed by atoms with Crippen molar-refractivity contribution in [2.75, 3.05) is 13.2 Å². The third kappa shape index (κ3) is 6.53. The standard InChI is InChI=1S/C35H34N6O4/c36-41-39-31-14-7-6-13-30(31)32-35(23-24-9-2-1-3-10-24,34(43)40-38-28-21-26-11-4-5-12-27(26)22-28)37-33(45-32)25-15-17-29(18-16-25)44-20-8-19-42/h1-7,9-18,28,32,38,42H,8,19-23H2,(H,40,43)/t32-,35-/m0/s1. The Labute approximate surface area is 261 Å². The van der Waals surface area contributed by atoms with Gasteiger partial charge in [0.25, 0.3) is 5.91 Å². The molecule has 0 unspecified atom stereocenters. The van der Waals surface area contributed by atoms with Gasteiger partial charge in [0.15, 0.2) is 11.6 Å². The maximum Gasteiger partial charge on any atom is 0.266 e. The quantitative estimate of drug-likeness (QED) is 0.0629. The van der Waals surface area contributed by atoms with Crippen molar-refractivity contribution in [1.82, 2.24) is 10.9 Å². The van der Waals surface area contributed by atoms with Gasteiger partial charge >= 0.3 is 0 Å². The van der Waals surface area contributed by atoms with Gasteiger partial charge in [-0.2, -0.15) is 0 Å². The molecular formula is C35H34N6O4. The van der Waals surface area contributed by atoms with Gasteiger partial charge in [-0.25, -0.2) is 10.4 Å². The first kappa shape index (κ1) is 29.9. The SMILES string of the molecule is [N-]=[N+]=Nc1ccccc1[C@@H]1OC(c2ccc(OCCCO)cc2)=N[C@]1(Cc1ccccc1)C(=O)NNC1Cc2ccccc2C1. The highest BCUT2D eigenvalue weighted by atomic mass is 16.5. The van der Waals surface area contributed by atoms with Crippen LogP contribution in [0.2, 0.25) is 0 Å². The summed E-state index contributed by atoms with van der Waals surface area (Å²) in [4.78, 5) is 22.6. The summed E-state index contributed by atoms with van der Waals surface area (Å²) in [7, 11) is 0. The Morgan fingerprint density at radius 1 is 0.978 bits per heavy atom. The molecule has 45 heavy (non-hydrogen) atoms. The molecule has 10 heteroatoms. The van der Waals surface area contributed by atoms with E-state index in [1.54, 1.807) is 30.3 Å². The molecule has 6 rings (SSSR count). The molecule has 0 radical (unpaired) electrons. The van der Waals surface area contributed by atoms with Crippen LogP contribution in [0.15, 0.2) is 113 Å². The highest BCUT2D eigenvalue weighted by molar-refractivity contribution is 6.01. The molecule has 0 saturated heterocycles. The first-order valence-electron chi connectivity index (χ1n) is 15.0. The van der Waals surface area contributed by atoms with Gasteiger partial charge in [0.2, 0.25) is 5.90 Å². The zero-order valence-electron chi connectivity index (χ0n) is 24.7. The van der Waals surface area contributed by atoms with E-state index in [-0.39, 0.29) is 30.9 Å². The van der Waals surface area contributed by atoms with Crippen LogP contribution >= 0.6 is 0 Å². The van der Waals surface area contributed by atoms with Gasteiger partial charge < -0.3 is 14.6 Å². The highest BCUT2D eigenvalue weighted by Crippen LogP contribution is 2.45. The Bertz CT molecular complexity index is 1700. The lowest BCUT2D eigenvalue weighted by Gasteiger charge is -2.32. The number of carbonyl (C=O) groups is 1. The third-order valence-electron chi connectivity index (χ3n) is 8.16. The summed E-state index contributed by atoms with van der Waals surface area (Å²) in [5.41, 5.74) is 19.2. The van der Waals surface area contributed by atoms with E-state index in [0.29, 0.717) is 35.6 Å². The molecule has 1 aliphatic carbocycles. The summed E-state index contributed by atoms with van der Waals surface area (Å²) in [6, 6.07) is 32.4. The molecule has 2 aliphatic rings. The number of azide groups is 1. The van der Waals surface area contributed by atoms with Crippen LogP contribution in [0.5, 0.6) is 5.75 Å². The van der Waals surface area contributed by atoms with Crippen LogP contribution in [0.3, 0.4) is 0 Å². The van der Waals surface area contributed by atoms with Gasteiger partial charge in [-0.1, -0.05) is 84.0 Å². The van der Waals surface area contributed by atoms with E-state index < -0.39 is 11.6 Å². The zero-order chi connectivity index (χ0) is 31.1. The molecule has 1 aliphatic heterocycles. The summed E-state index contributed by atoms with van der Waals surface area (Å²) < 4.78 is 12.3. The summed E-state index contributed by atoms with van der Waals surface area (Å²) in [6.45, 7) is 0.445. The lowest BCUT2D eigenvalue weighted by molar-refractivity contribution is -0.130. The molecule has 1 amide bonds. The first-order valence-corrected chi connectivity index (χ1v) is 15.0. The Morgan fingerprint density at radius 3 is 2.38 bits per heavy atom. The van der Waals surface area contributed by atoms with Crippen molar-refractivity contribution in [3.63, 3.8) is 0 Å². The molecule has 0 aromatic heterocycles. The van der Waals surface area contributed by atoms with E-state index in [9.17, 15) is 10.3 Å². The van der Waals surface area contributed by atoms with E-state index in [4.69, 9.17) is 19.6 Å². The molecule has 228 valence electrons. The smallest absolute Gasteiger partial charge is 0.266 e. The summed E-state index contributed by atoms with van der Waals surface area (Å²) >= 11 is 0. The summed E-state index contributed by atoms with van der Waals surface area (Å²) in [6.07, 6.45) is 1.44. The minimum atomic E-state index is -1.45. The fourth-order valence-electron chi connectivity index (χ4n) is 5.95. The van der Waals surface area contributed by atoms with Gasteiger partial charge in [0.05, 0.1) is 6.61 Å². The molecule has 0 saturated carbocycles. The predicted molar refractivity (Wildman–Crippen MR) is 171 cm³/mol. The summed E-state index contributed by atoms with van der Waals surface area (Å²) in [5.74, 6) is 0.574. The summed E-state index contributed by atoms with van der Waals surface area (Å²) in [5, 5.41) is 13.0. The van der Waals surface area contributed by atoms with E-state index in [2.05, 4.69) is 33.0 Å². The third-order valence-corrected chi connectivity index (χ3v) is 8.16. The molecule has 0 spiro atoms. The number of rotatable bonds is 12. The first-order chi connectivity index (χ1) is 22.1. The molecule has 1 heterocycles. The van der Waals surface area contributed by atoms with E-state index in [1.807, 2.05) is 60.7 Å². The fraction of sp³-hybridized carbons (Fsp3) is 0.257. The maximum absolute atomic E-state index is 14.5. The van der Waals surface area contributed by atoms with Crippen molar-refractivity contribution in [2.45, 2.75) is 43.4 Å². The number of nitrogens with zero attached hydrogens (tertiary/aromatic N) is 4. The second-order valence-electron chi connectivity index (χ2n) is 11.2. The number of fused-ring (bicyclic) bond motifs is 1. The molecule has 4 aromatic rings. The average molecular weight is 603 g/mol. The van der Waals surface area contributed by atoms with Crippen LogP contribution < -0.4 is 15.6 Å². The number of amides is 1. The van der Waals surface area contributed by atoms with Crippen LogP contribution in [0.25, 0.3) is 10.4 Å². The topological polar surface area (TPSA) is 141 Å². The molecule has 4 aromatic carbocycles. The number of ether oxygens (including phenoxy) is 2. The molecule has 0 bridgehead atoms. The zero-order valence-corrected chi connectivity index (χ0v) is 24.7. The Kier molecular flexibility index (Phi) is 9.07. The van der Waals surface area contributed by atoms with Crippen molar-refractivity contribution in [3.05, 3.63) is 141 Å². The van der Waals surface area contributed by atoms with Crippen LogP contribution in [-0.2, 0) is 28.8 Å². The second kappa shape index (κ2) is 13.7. The number of carbonyl (C=O) groups excluding carboxylic acids is 1. The number of aliphatic imine (C=N–C) groups is 1. The molecule has 3 N–H and O–H groups in total. The minimum absolute atomic E-state index is 0.0261. The van der Waals surface area contributed by atoms with E-state index in [0.717, 1.165) is 18.4 Å². The lowest BCUT2D eigenvalue weighted by atomic mass is 9.81. The van der Waals surface area contributed by atoms with Crippen LogP contribution in [0.4, 0.5) is 5.69 Å². The van der Waals surface area contributed by atoms with Gasteiger partial charge in [0.1, 0.15) is 5.75 Å². The van der Waals surface area contributed by atoms with Crippen molar-refractivity contribution in [3.8, 4) is 5.75 Å². The van der Waals surface area contributed by atoms with Crippen molar-refractivity contribution < 1.29 is 19.4 Å². The molecular weight excluding hydrogens is 568 g/mol. The number of hydrazine groups is 1. The van der Waals surface area contributed by atoms with E-state index >= 15 is 0 Å². The van der Waals surface area contributed by atoms with E-state index in [1.165, 1.54) is 11.1 Å². The number of aliphatic hydroxyl groups excluding tert-OH is 1. The molecule has 2 atom stereocenters. The Hall–Kier alpha value is -5.15. The van der Waals surface area contributed by atoms with Gasteiger partial charge in [0, 0.05) is 47.2 Å². The van der Waals surface area contributed by atoms with Crippen LogP contribution in [0, 0.1) is 0 Å². The number of nitrogens with one attached hydrogen (secondary N) is 2. The van der Waals surface area contributed by atoms with Crippen LogP contribution in [0.1, 0.15) is 40.3 Å². The van der Waals surface area contributed by atoms with Gasteiger partial charge in [-0.05, 0) is 59.3 Å². The monoisotopic (exact) mass is 602 g/mol. The Balaban J connectivity index is 1.38. The van der Waals surface area contributed by atoms with Crippen molar-refractivity contribution in [2.24, 2.45) is 10.1 Å². The molecule has 0 fully saturated rings. The minimum Gasteiger partial charge on any atom is -0.494 e. The number of benzene rings is 4. The highest BCUT2D eigenvalue weighted by Gasteiger charge is 2.54. The number of aliphatic hydroxyl groups is 1. The normalized spacial score (nSPS) is 18.8. The Morgan fingerprint density at radius 2 is 1.67 bits per heavy atom. The van der Waals surface area contributed by atoms with Gasteiger partial charge in [-0.3, -0.25) is 10.2 Å². The second-order valence-corrected chi connectivity index (χ2v) is 11.2. The lowest BCUT2D eigenvalue weighted by Crippen LogP contribution is -2.56. The predicted octanol–water partition coefficient (Wildman–Crippen LogP) is 5.68. The number of hydrogen-bond donors (Lipinski definition) is 3. The van der Waals surface area contributed by atoms with Crippen LogP contribution in [-0.4, -0.2) is 41.7 Å². The van der Waals surface area contributed by atoms with Crippen molar-refractivity contribution in [1.29, 1.82) is 0 Å². The average Bonchev–Trinajstić information content (AvgIpc) is 3.67. The number of hydrogen-bond acceptors (Lipinski definition) is 7. The fourth-order valence-corrected chi connectivity index (χ4v) is 5.95.